The number of pyridine rings is 4. The number of carboxylic acid groups (broad SMARTS) is 2. The van der Waals surface area contributed by atoms with E-state index in [9.17, 15) is 36.3 Å². The monoisotopic (exact) mass is 1420 g/mol. The molecule has 1 amide bonds. The maximum Gasteiger partial charge on any atom is 0.335 e. The van der Waals surface area contributed by atoms with Gasteiger partial charge in [0.2, 0.25) is 0 Å². The van der Waals surface area contributed by atoms with E-state index in [4.69, 9.17) is 25.2 Å². The number of aryl methyl sites for hydroxylation is 3. The molecule has 0 aliphatic rings. The van der Waals surface area contributed by atoms with Gasteiger partial charge in [0, 0.05) is 103 Å². The number of amides is 1. The summed E-state index contributed by atoms with van der Waals surface area (Å²) in [6.07, 6.45) is 30.8. The quantitative estimate of drug-likeness (QED) is 0.0632. The third-order valence-electron chi connectivity index (χ3n) is 15.7. The van der Waals surface area contributed by atoms with E-state index in [0.717, 1.165) is 34.4 Å². The fourth-order valence-corrected chi connectivity index (χ4v) is 10.8. The van der Waals surface area contributed by atoms with E-state index in [-0.39, 0.29) is 50.9 Å². The molecule has 10 aromatic heterocycles. The first-order chi connectivity index (χ1) is 51.3. The molecule has 10 heterocycles. The van der Waals surface area contributed by atoms with Crippen LogP contribution in [0.2, 0.25) is 0 Å². The molecule has 0 aliphatic carbocycles. The molecular formula is C78H56F5N17O6. The third kappa shape index (κ3) is 17.1. The lowest BCUT2D eigenvalue weighted by molar-refractivity contribution is 0.0686. The minimum absolute atomic E-state index is 0.103. The van der Waals surface area contributed by atoms with Crippen LogP contribution in [-0.4, -0.2) is 97.7 Å². The number of aromatic carboxylic acids is 2. The summed E-state index contributed by atoms with van der Waals surface area (Å²) < 4.78 is 79.4. The number of furan rings is 1. The van der Waals surface area contributed by atoms with E-state index in [1.165, 1.54) is 50.6 Å². The molecule has 0 spiro atoms. The highest BCUT2D eigenvalue weighted by Gasteiger charge is 2.20. The van der Waals surface area contributed by atoms with Gasteiger partial charge in [-0.3, -0.25) is 49.0 Å². The van der Waals surface area contributed by atoms with Crippen molar-refractivity contribution in [3.05, 3.63) is 297 Å². The van der Waals surface area contributed by atoms with Crippen molar-refractivity contribution in [1.29, 1.82) is 10.5 Å². The summed E-state index contributed by atoms with van der Waals surface area (Å²) in [7, 11) is 4.95. The van der Waals surface area contributed by atoms with Gasteiger partial charge in [-0.05, 0) is 150 Å². The Kier molecular flexibility index (Phi) is 22.5. The van der Waals surface area contributed by atoms with Crippen molar-refractivity contribution >= 4 is 127 Å². The highest BCUT2D eigenvalue weighted by molar-refractivity contribution is 6.01. The molecule has 0 bridgehead atoms. The molecule has 15 rings (SSSR count). The molecule has 106 heavy (non-hydrogen) atoms. The van der Waals surface area contributed by atoms with Crippen LogP contribution >= 0.6 is 0 Å². The summed E-state index contributed by atoms with van der Waals surface area (Å²) in [6, 6.07) is 35.4. The summed E-state index contributed by atoms with van der Waals surface area (Å²) in [5.74, 6) is -4.84. The second-order valence-corrected chi connectivity index (χ2v) is 22.9. The zero-order valence-electron chi connectivity index (χ0n) is 56.0. The molecule has 15 aromatic rings. The van der Waals surface area contributed by atoms with Crippen molar-refractivity contribution in [3.8, 4) is 12.1 Å². The van der Waals surface area contributed by atoms with Crippen LogP contribution in [-0.2, 0) is 27.7 Å². The zero-order valence-corrected chi connectivity index (χ0v) is 56.0. The lowest BCUT2D eigenvalue weighted by atomic mass is 10.1. The number of carbonyl (C=O) groups is 3. The minimum atomic E-state index is -1.18. The van der Waals surface area contributed by atoms with Crippen LogP contribution in [0.3, 0.4) is 0 Å². The van der Waals surface area contributed by atoms with Gasteiger partial charge in [-0.1, -0.05) is 55.1 Å². The average Bonchev–Trinajstić information content (AvgIpc) is 1.66. The number of nitriles is 2. The number of nitrogens with zero attached hydrogens (tertiary/aromatic N) is 14. The Morgan fingerprint density at radius 2 is 0.868 bits per heavy atom. The van der Waals surface area contributed by atoms with Crippen LogP contribution in [0.25, 0.3) is 109 Å². The molecule has 524 valence electrons. The number of aromatic nitrogens is 14. The summed E-state index contributed by atoms with van der Waals surface area (Å²) in [5.41, 5.74) is 8.33. The van der Waals surface area contributed by atoms with Crippen molar-refractivity contribution < 1.29 is 51.0 Å². The number of rotatable bonds is 14. The van der Waals surface area contributed by atoms with E-state index >= 15 is 0 Å². The molecule has 0 unspecified atom stereocenters. The lowest BCUT2D eigenvalue weighted by Crippen LogP contribution is -2.22. The Bertz CT molecular complexity index is 5980. The van der Waals surface area contributed by atoms with Gasteiger partial charge >= 0.3 is 11.9 Å². The molecule has 0 atom stereocenters. The van der Waals surface area contributed by atoms with Gasteiger partial charge in [0.15, 0.2) is 11.6 Å². The zero-order chi connectivity index (χ0) is 75.0. The van der Waals surface area contributed by atoms with Crippen LogP contribution < -0.4 is 5.32 Å². The highest BCUT2D eigenvalue weighted by atomic mass is 19.1. The first kappa shape index (κ1) is 72.3. The number of nitrogens with one attached hydrogen (secondary N) is 3. The Balaban J connectivity index is 0.000000134. The maximum atomic E-state index is 14.4. The van der Waals surface area contributed by atoms with Gasteiger partial charge in [-0.2, -0.15) is 36.0 Å². The fraction of sp³-hybridized carbons (Fsp3) is 0.0513. The van der Waals surface area contributed by atoms with Crippen LogP contribution in [0.15, 0.2) is 188 Å². The number of benzene rings is 5. The van der Waals surface area contributed by atoms with Crippen LogP contribution in [0, 0.1) is 51.7 Å². The lowest BCUT2D eigenvalue weighted by Gasteiger charge is -2.04. The van der Waals surface area contributed by atoms with Gasteiger partial charge in [0.25, 0.3) is 5.91 Å². The van der Waals surface area contributed by atoms with Crippen molar-refractivity contribution in [2.75, 3.05) is 0 Å². The van der Waals surface area contributed by atoms with Gasteiger partial charge in [-0.15, -0.1) is 0 Å². The number of fused-ring (bicyclic) bond motifs is 5. The predicted molar refractivity (Wildman–Crippen MR) is 390 cm³/mol. The SMILES string of the molecule is C=Cc1nn(C)c2c(F)cc(C#N)cc12.Cn1nc(/C=C/c2cccnc2)c2cc(C#N)cc(F)c21.Cn1nc(/C=C/c2cccnc2)c2cc(C(=O)O)cc(F)c21.O=C(NCc1ccco1)c1cc(F)c2n[nH]c(/C=C/c3cccnc3)c2c1.O=C(O)c1cc(F)c2n[nH]c(/C=C/c3cccnc3)c2c1. The number of carboxylic acids is 2. The van der Waals surface area contributed by atoms with Crippen molar-refractivity contribution in [2.24, 2.45) is 21.1 Å². The van der Waals surface area contributed by atoms with Crippen LogP contribution in [0.1, 0.15) is 98.7 Å². The Morgan fingerprint density at radius 1 is 0.491 bits per heavy atom. The van der Waals surface area contributed by atoms with E-state index in [1.54, 1.807) is 156 Å². The van der Waals surface area contributed by atoms with Gasteiger partial charge in [0.05, 0.1) is 75.7 Å². The maximum absolute atomic E-state index is 14.4. The summed E-state index contributed by atoms with van der Waals surface area (Å²) in [4.78, 5) is 50.5. The summed E-state index contributed by atoms with van der Waals surface area (Å²) >= 11 is 0. The topological polar surface area (TPSA) is 327 Å². The normalized spacial score (nSPS) is 11.1. The second kappa shape index (κ2) is 33.0. The van der Waals surface area contributed by atoms with Gasteiger partial charge in [-0.25, -0.2) is 31.5 Å². The largest absolute Gasteiger partial charge is 0.478 e. The number of hydrogen-bond donors (Lipinski definition) is 5. The highest BCUT2D eigenvalue weighted by Crippen LogP contribution is 2.29. The van der Waals surface area contributed by atoms with Crippen molar-refractivity contribution in [2.45, 2.75) is 6.54 Å². The molecule has 0 saturated heterocycles. The molecule has 28 heteroatoms. The average molecular weight is 1420 g/mol. The van der Waals surface area contributed by atoms with Crippen molar-refractivity contribution in [3.63, 3.8) is 0 Å². The van der Waals surface area contributed by atoms with E-state index < -0.39 is 46.9 Å². The third-order valence-corrected chi connectivity index (χ3v) is 15.7. The molecule has 23 nitrogen and oxygen atoms in total. The number of aromatic amines is 2. The number of hydrogen-bond acceptors (Lipinski definition) is 15. The number of H-pyrrole nitrogens is 2. The number of halogens is 5. The minimum Gasteiger partial charge on any atom is -0.478 e. The molecule has 5 N–H and O–H groups in total. The van der Waals surface area contributed by atoms with Crippen LogP contribution in [0.4, 0.5) is 22.0 Å². The second-order valence-electron chi connectivity index (χ2n) is 22.9. The van der Waals surface area contributed by atoms with E-state index in [2.05, 4.69) is 67.5 Å². The fourth-order valence-electron chi connectivity index (χ4n) is 10.8. The molecule has 5 aromatic carbocycles. The van der Waals surface area contributed by atoms with Crippen LogP contribution in [0.5, 0.6) is 0 Å². The summed E-state index contributed by atoms with van der Waals surface area (Å²) in [6.45, 7) is 3.83. The Morgan fingerprint density at radius 3 is 1.26 bits per heavy atom. The number of carbonyl (C=O) groups excluding carboxylic acids is 1. The standard InChI is InChI=1S/C20H15FN4O2.C16H11FN4.C16H12FN3O2.C15H10FN3O2.C11H8FN3/c21-17-10-14(20(26)23-12-15-4-2-8-27-15)9-16-18(24-25-19(16)17)6-5-13-3-1-7-22-11-13;1-21-16-13(7-12(9-18)8-14(16)17)15(20-21)5-4-11-3-2-6-19-10-11;1-20-15-12(7-11(16(21)22)8-13(15)17)14(19-20)5-4-10-3-2-6-18-9-10;16-12-7-10(15(20)21)6-11-13(18-19-14(11)12)4-3-9-2-1-5-17-8-9;1-3-10-8-4-7(6-13)5-9(12)11(8)15(2)14-10/h1-11H,12H2,(H,23,26)(H,24,25);2-8,10H,1H3;2-9H,1H3,(H,21,22);1-8H,(H,18,19)(H,20,21);3-5H,1H2,2H3/b6-5+;2*5-4+;4-3+;. The van der Waals surface area contributed by atoms with Gasteiger partial charge in [0.1, 0.15) is 50.8 Å². The molecule has 0 fully saturated rings. The van der Waals surface area contributed by atoms with Gasteiger partial charge < -0.3 is 19.9 Å². The molecule has 0 saturated carbocycles. The molecular weight excluding hydrogens is 1370 g/mol. The Labute approximate surface area is 597 Å². The molecule has 0 aliphatic heterocycles. The summed E-state index contributed by atoms with van der Waals surface area (Å²) in [5, 5.41) is 67.1. The first-order valence-electron chi connectivity index (χ1n) is 31.6. The first-order valence-corrected chi connectivity index (χ1v) is 31.6. The van der Waals surface area contributed by atoms with Crippen molar-refractivity contribution in [1.82, 2.24) is 75.0 Å². The Hall–Kier alpha value is -14.9. The molecule has 0 radical (unpaired) electrons. The van der Waals surface area contributed by atoms with E-state index in [0.29, 0.717) is 72.2 Å². The smallest absolute Gasteiger partial charge is 0.335 e. The predicted octanol–water partition coefficient (Wildman–Crippen LogP) is 15.1. The van der Waals surface area contributed by atoms with E-state index in [1.807, 2.05) is 60.7 Å².